The summed E-state index contributed by atoms with van der Waals surface area (Å²) in [7, 11) is -3.59. The summed E-state index contributed by atoms with van der Waals surface area (Å²) in [6.07, 6.45) is 1.42. The van der Waals surface area contributed by atoms with Crippen LogP contribution in [0.25, 0.3) is 10.2 Å². The molecular weight excluding hydrogens is 364 g/mol. The van der Waals surface area contributed by atoms with Crippen molar-refractivity contribution in [2.75, 3.05) is 6.54 Å². The van der Waals surface area contributed by atoms with Crippen LogP contribution >= 0.6 is 22.9 Å². The number of para-hydroxylation sites is 1. The SMILES string of the molecule is Cc1ccc(S(=O)(=O)NCCCc2nc3ccccc3s2)c(Cl)c1. The van der Waals surface area contributed by atoms with Gasteiger partial charge in [0.1, 0.15) is 4.90 Å². The molecule has 3 aromatic rings. The highest BCUT2D eigenvalue weighted by atomic mass is 35.5. The first-order valence-electron chi connectivity index (χ1n) is 7.56. The van der Waals surface area contributed by atoms with Gasteiger partial charge >= 0.3 is 0 Å². The molecule has 0 radical (unpaired) electrons. The molecule has 1 aromatic heterocycles. The van der Waals surface area contributed by atoms with Crippen LogP contribution in [0.3, 0.4) is 0 Å². The molecule has 7 heteroatoms. The maximum atomic E-state index is 12.3. The Bertz CT molecular complexity index is 935. The predicted octanol–water partition coefficient (Wildman–Crippen LogP) is 4.17. The van der Waals surface area contributed by atoms with Crippen molar-refractivity contribution in [1.82, 2.24) is 9.71 Å². The highest BCUT2D eigenvalue weighted by molar-refractivity contribution is 7.89. The molecule has 1 N–H and O–H groups in total. The lowest BCUT2D eigenvalue weighted by Gasteiger charge is -2.08. The molecule has 0 aliphatic heterocycles. The van der Waals surface area contributed by atoms with Crippen LogP contribution in [0.1, 0.15) is 17.0 Å². The highest BCUT2D eigenvalue weighted by Gasteiger charge is 2.17. The summed E-state index contributed by atoms with van der Waals surface area (Å²) in [6, 6.07) is 12.9. The predicted molar refractivity (Wildman–Crippen MR) is 99.3 cm³/mol. The molecule has 0 atom stereocenters. The lowest BCUT2D eigenvalue weighted by Crippen LogP contribution is -2.25. The summed E-state index contributed by atoms with van der Waals surface area (Å²) in [6.45, 7) is 2.22. The van der Waals surface area contributed by atoms with E-state index in [2.05, 4.69) is 9.71 Å². The number of sulfonamides is 1. The van der Waals surface area contributed by atoms with Crippen LogP contribution < -0.4 is 4.72 Å². The molecule has 0 fully saturated rings. The Kier molecular flexibility index (Phi) is 5.20. The van der Waals surface area contributed by atoms with Crippen molar-refractivity contribution in [2.45, 2.75) is 24.7 Å². The van der Waals surface area contributed by atoms with E-state index in [-0.39, 0.29) is 9.92 Å². The van der Waals surface area contributed by atoms with E-state index in [0.717, 1.165) is 27.2 Å². The van der Waals surface area contributed by atoms with Gasteiger partial charge in [-0.25, -0.2) is 18.1 Å². The molecule has 0 amide bonds. The van der Waals surface area contributed by atoms with E-state index in [0.29, 0.717) is 13.0 Å². The topological polar surface area (TPSA) is 59.1 Å². The van der Waals surface area contributed by atoms with E-state index >= 15 is 0 Å². The molecule has 126 valence electrons. The number of hydrogen-bond donors (Lipinski definition) is 1. The van der Waals surface area contributed by atoms with Gasteiger partial charge in [-0.3, -0.25) is 0 Å². The average molecular weight is 381 g/mol. The summed E-state index contributed by atoms with van der Waals surface area (Å²) >= 11 is 7.69. The minimum absolute atomic E-state index is 0.120. The lowest BCUT2D eigenvalue weighted by molar-refractivity contribution is 0.579. The monoisotopic (exact) mass is 380 g/mol. The number of rotatable bonds is 6. The molecule has 2 aromatic carbocycles. The molecule has 0 spiro atoms. The van der Waals surface area contributed by atoms with Gasteiger partial charge in [0.2, 0.25) is 10.0 Å². The lowest BCUT2D eigenvalue weighted by atomic mass is 10.2. The number of thiazole rings is 1. The van der Waals surface area contributed by atoms with E-state index in [4.69, 9.17) is 11.6 Å². The number of halogens is 1. The summed E-state index contributed by atoms with van der Waals surface area (Å²) in [4.78, 5) is 4.67. The Labute approximate surface area is 150 Å². The first-order chi connectivity index (χ1) is 11.5. The van der Waals surface area contributed by atoms with Crippen LogP contribution in [-0.2, 0) is 16.4 Å². The van der Waals surface area contributed by atoms with Crippen molar-refractivity contribution in [3.05, 3.63) is 58.1 Å². The Morgan fingerprint density at radius 3 is 2.75 bits per heavy atom. The first kappa shape index (κ1) is 17.4. The van der Waals surface area contributed by atoms with Crippen molar-refractivity contribution in [3.8, 4) is 0 Å². The minimum atomic E-state index is -3.59. The van der Waals surface area contributed by atoms with Crippen molar-refractivity contribution in [3.63, 3.8) is 0 Å². The molecule has 0 saturated carbocycles. The fourth-order valence-electron chi connectivity index (χ4n) is 2.37. The standard InChI is InChI=1S/C17H17ClN2O2S2/c1-12-8-9-16(13(18)11-12)24(21,22)19-10-4-7-17-20-14-5-2-3-6-15(14)23-17/h2-3,5-6,8-9,11,19H,4,7,10H2,1H3. The van der Waals surface area contributed by atoms with Gasteiger partial charge < -0.3 is 0 Å². The molecular formula is C17H17ClN2O2S2. The number of aryl methyl sites for hydroxylation is 2. The Hall–Kier alpha value is -1.47. The van der Waals surface area contributed by atoms with Gasteiger partial charge in [-0.15, -0.1) is 11.3 Å². The van der Waals surface area contributed by atoms with Crippen molar-refractivity contribution >= 4 is 43.2 Å². The van der Waals surface area contributed by atoms with E-state index in [1.54, 1.807) is 23.5 Å². The van der Waals surface area contributed by atoms with Crippen LogP contribution in [0.2, 0.25) is 5.02 Å². The van der Waals surface area contributed by atoms with Crippen molar-refractivity contribution < 1.29 is 8.42 Å². The van der Waals surface area contributed by atoms with E-state index in [9.17, 15) is 8.42 Å². The number of nitrogens with one attached hydrogen (secondary N) is 1. The second-order valence-electron chi connectivity index (χ2n) is 5.51. The number of benzene rings is 2. The summed E-state index contributed by atoms with van der Waals surface area (Å²) in [5.74, 6) is 0. The quantitative estimate of drug-likeness (QED) is 0.653. The van der Waals surface area contributed by atoms with Gasteiger partial charge in [-0.2, -0.15) is 0 Å². The Balaban J connectivity index is 1.59. The van der Waals surface area contributed by atoms with Crippen LogP contribution in [0.15, 0.2) is 47.4 Å². The third-order valence-electron chi connectivity index (χ3n) is 3.57. The Morgan fingerprint density at radius 1 is 1.21 bits per heavy atom. The number of hydrogen-bond acceptors (Lipinski definition) is 4. The van der Waals surface area contributed by atoms with Gasteiger partial charge in [0, 0.05) is 13.0 Å². The smallest absolute Gasteiger partial charge is 0.241 e. The maximum Gasteiger partial charge on any atom is 0.242 e. The van der Waals surface area contributed by atoms with Gasteiger partial charge in [0.05, 0.1) is 20.2 Å². The van der Waals surface area contributed by atoms with Gasteiger partial charge in [0.25, 0.3) is 0 Å². The van der Waals surface area contributed by atoms with E-state index in [1.807, 2.05) is 31.2 Å². The maximum absolute atomic E-state index is 12.3. The van der Waals surface area contributed by atoms with Gasteiger partial charge in [-0.1, -0.05) is 29.8 Å². The average Bonchev–Trinajstić information content (AvgIpc) is 2.94. The summed E-state index contributed by atoms with van der Waals surface area (Å²) in [5.41, 5.74) is 1.92. The number of fused-ring (bicyclic) bond motifs is 1. The number of aromatic nitrogens is 1. The van der Waals surface area contributed by atoms with Crippen molar-refractivity contribution in [1.29, 1.82) is 0 Å². The molecule has 0 bridgehead atoms. The van der Waals surface area contributed by atoms with Crippen LogP contribution in [-0.4, -0.2) is 19.9 Å². The van der Waals surface area contributed by atoms with Crippen LogP contribution in [0.5, 0.6) is 0 Å². The normalized spacial score (nSPS) is 11.9. The second kappa shape index (κ2) is 7.19. The minimum Gasteiger partial charge on any atom is -0.241 e. The van der Waals surface area contributed by atoms with E-state index < -0.39 is 10.0 Å². The second-order valence-corrected chi connectivity index (χ2v) is 8.77. The fraction of sp³-hybridized carbons (Fsp3) is 0.235. The summed E-state index contributed by atoms with van der Waals surface area (Å²) in [5, 5.41) is 1.26. The largest absolute Gasteiger partial charge is 0.242 e. The molecule has 0 aliphatic rings. The third-order valence-corrected chi connectivity index (χ3v) is 6.61. The highest BCUT2D eigenvalue weighted by Crippen LogP contribution is 2.23. The van der Waals surface area contributed by atoms with Crippen molar-refractivity contribution in [2.24, 2.45) is 0 Å². The molecule has 0 saturated heterocycles. The van der Waals surface area contributed by atoms with E-state index in [1.165, 1.54) is 6.07 Å². The molecule has 24 heavy (non-hydrogen) atoms. The van der Waals surface area contributed by atoms with Crippen LogP contribution in [0.4, 0.5) is 0 Å². The molecule has 3 rings (SSSR count). The summed E-state index contributed by atoms with van der Waals surface area (Å²) < 4.78 is 28.4. The zero-order chi connectivity index (χ0) is 17.2. The molecule has 1 heterocycles. The molecule has 0 aliphatic carbocycles. The molecule has 0 unspecified atom stereocenters. The Morgan fingerprint density at radius 2 is 2.00 bits per heavy atom. The fourth-order valence-corrected chi connectivity index (χ4v) is 5.05. The molecule has 4 nitrogen and oxygen atoms in total. The third kappa shape index (κ3) is 3.95. The number of nitrogens with zero attached hydrogens (tertiary/aromatic N) is 1. The van der Waals surface area contributed by atoms with Gasteiger partial charge in [0.15, 0.2) is 0 Å². The van der Waals surface area contributed by atoms with Crippen LogP contribution in [0, 0.1) is 6.92 Å². The first-order valence-corrected chi connectivity index (χ1v) is 10.2. The zero-order valence-electron chi connectivity index (χ0n) is 13.1. The zero-order valence-corrected chi connectivity index (χ0v) is 15.5. The van der Waals surface area contributed by atoms with Gasteiger partial charge in [-0.05, 0) is 43.2 Å².